The van der Waals surface area contributed by atoms with Gasteiger partial charge in [0.05, 0.1) is 36.1 Å². The van der Waals surface area contributed by atoms with E-state index in [4.69, 9.17) is 40.2 Å². The van der Waals surface area contributed by atoms with Gasteiger partial charge in [0, 0.05) is 38.4 Å². The van der Waals surface area contributed by atoms with Crippen LogP contribution in [0.3, 0.4) is 0 Å². The van der Waals surface area contributed by atoms with Crippen molar-refractivity contribution in [1.82, 2.24) is 19.4 Å². The van der Waals surface area contributed by atoms with Crippen LogP contribution in [0.2, 0.25) is 10.0 Å². The molecule has 0 spiro atoms. The van der Waals surface area contributed by atoms with Gasteiger partial charge in [-0.1, -0.05) is 35.3 Å². The Morgan fingerprint density at radius 3 is 2.52 bits per heavy atom. The maximum atomic E-state index is 14.3. The molecule has 1 aliphatic heterocycles. The molecule has 174 valence electrons. The number of hydrogen-bond acceptors (Lipinski definition) is 6. The number of halogens is 3. The van der Waals surface area contributed by atoms with Gasteiger partial charge in [-0.05, 0) is 42.0 Å². The normalized spacial score (nSPS) is 14.8. The van der Waals surface area contributed by atoms with Crippen LogP contribution in [0.1, 0.15) is 5.56 Å². The van der Waals surface area contributed by atoms with Gasteiger partial charge in [0.1, 0.15) is 5.82 Å². The molecule has 0 amide bonds. The van der Waals surface area contributed by atoms with Crippen molar-refractivity contribution < 1.29 is 9.13 Å². The molecule has 0 radical (unpaired) electrons. The monoisotopic (exact) mass is 508 g/mol. The lowest BCUT2D eigenvalue weighted by molar-refractivity contribution is 0.0210. The summed E-state index contributed by atoms with van der Waals surface area (Å²) in [6.07, 6.45) is 1.68. The number of anilines is 1. The van der Waals surface area contributed by atoms with Gasteiger partial charge >= 0.3 is 0 Å². The van der Waals surface area contributed by atoms with Gasteiger partial charge < -0.3 is 9.64 Å². The Kier molecular flexibility index (Phi) is 7.45. The predicted molar refractivity (Wildman–Crippen MR) is 133 cm³/mol. The average Bonchev–Trinajstić information content (AvgIpc) is 3.10. The van der Waals surface area contributed by atoms with E-state index in [-0.39, 0.29) is 10.0 Å². The van der Waals surface area contributed by atoms with Crippen molar-refractivity contribution in [3.05, 3.63) is 62.6 Å². The van der Waals surface area contributed by atoms with Crippen molar-refractivity contribution in [2.75, 3.05) is 45.3 Å². The third-order valence-corrected chi connectivity index (χ3v) is 6.22. The number of nitrogens with zero attached hydrogens (tertiary/aromatic N) is 6. The molecular formula is C22H23Cl2FN6OS. The summed E-state index contributed by atoms with van der Waals surface area (Å²) in [7, 11) is 3.96. The Morgan fingerprint density at radius 1 is 1.15 bits per heavy atom. The third-order valence-electron chi connectivity index (χ3n) is 5.24. The Hall–Kier alpha value is -2.30. The summed E-state index contributed by atoms with van der Waals surface area (Å²) in [5, 5.41) is 9.39. The quantitative estimate of drug-likeness (QED) is 0.273. The fourth-order valence-electron chi connectivity index (χ4n) is 3.37. The maximum Gasteiger partial charge on any atom is 0.220 e. The number of rotatable bonds is 6. The van der Waals surface area contributed by atoms with Crippen LogP contribution in [0.4, 0.5) is 10.1 Å². The molecule has 2 aromatic carbocycles. The highest BCUT2D eigenvalue weighted by atomic mass is 35.5. The van der Waals surface area contributed by atoms with E-state index in [1.807, 2.05) is 43.3 Å². The smallest absolute Gasteiger partial charge is 0.220 e. The largest absolute Gasteiger partial charge is 0.379 e. The molecule has 0 bridgehead atoms. The van der Waals surface area contributed by atoms with E-state index in [0.29, 0.717) is 36.0 Å². The summed E-state index contributed by atoms with van der Waals surface area (Å²) >= 11 is 18.0. The van der Waals surface area contributed by atoms with Crippen LogP contribution in [-0.4, -0.2) is 66.0 Å². The second-order valence-corrected chi connectivity index (χ2v) is 8.95. The molecule has 0 aliphatic carbocycles. The van der Waals surface area contributed by atoms with Gasteiger partial charge in [-0.3, -0.25) is 4.90 Å². The van der Waals surface area contributed by atoms with Crippen LogP contribution in [0.25, 0.3) is 11.4 Å². The Balaban J connectivity index is 1.75. The SMILES string of the molecule is CN(C)c1ccc(/C=N/n2c(-c3cc(F)c(Cl)cc3Cl)nn(CN3CCOCC3)c2=S)cc1. The van der Waals surface area contributed by atoms with Crippen molar-refractivity contribution in [2.24, 2.45) is 5.10 Å². The van der Waals surface area contributed by atoms with Crippen LogP contribution in [-0.2, 0) is 11.4 Å². The minimum atomic E-state index is -0.598. The number of hydrogen-bond donors (Lipinski definition) is 0. The maximum absolute atomic E-state index is 14.3. The first-order chi connectivity index (χ1) is 15.8. The summed E-state index contributed by atoms with van der Waals surface area (Å²) < 4.78 is 23.2. The van der Waals surface area contributed by atoms with Crippen LogP contribution < -0.4 is 4.90 Å². The lowest BCUT2D eigenvalue weighted by Crippen LogP contribution is -2.37. The zero-order chi connectivity index (χ0) is 23.5. The summed E-state index contributed by atoms with van der Waals surface area (Å²) in [4.78, 5) is 4.19. The molecule has 2 heterocycles. The van der Waals surface area contributed by atoms with Crippen molar-refractivity contribution >= 4 is 47.3 Å². The van der Waals surface area contributed by atoms with Crippen molar-refractivity contribution in [3.63, 3.8) is 0 Å². The highest BCUT2D eigenvalue weighted by Crippen LogP contribution is 2.32. The fraction of sp³-hybridized carbons (Fsp3) is 0.318. The van der Waals surface area contributed by atoms with Gasteiger partial charge in [-0.2, -0.15) is 9.78 Å². The highest BCUT2D eigenvalue weighted by molar-refractivity contribution is 7.71. The number of aromatic nitrogens is 3. The molecule has 7 nitrogen and oxygen atoms in total. The first kappa shape index (κ1) is 23.8. The molecule has 1 aromatic heterocycles. The molecule has 1 fully saturated rings. The second kappa shape index (κ2) is 10.3. The molecule has 0 saturated carbocycles. The van der Waals surface area contributed by atoms with E-state index in [2.05, 4.69) is 15.1 Å². The standard InChI is InChI=1S/C22H23Cl2FN6OS/c1-28(2)16-5-3-15(4-6-16)13-26-31-21(17-11-20(25)19(24)12-18(17)23)27-30(22(31)33)14-29-7-9-32-10-8-29/h3-6,11-13H,7-10,14H2,1-2H3/b26-13+. The summed E-state index contributed by atoms with van der Waals surface area (Å²) in [5.41, 5.74) is 2.31. The van der Waals surface area contributed by atoms with Gasteiger partial charge in [0.15, 0.2) is 5.82 Å². The Labute approximate surface area is 206 Å². The molecule has 0 atom stereocenters. The minimum Gasteiger partial charge on any atom is -0.379 e. The van der Waals surface area contributed by atoms with Gasteiger partial charge in [0.25, 0.3) is 0 Å². The number of morpholine rings is 1. The fourth-order valence-corrected chi connectivity index (χ4v) is 4.07. The van der Waals surface area contributed by atoms with E-state index >= 15 is 0 Å². The van der Waals surface area contributed by atoms with Gasteiger partial charge in [0.2, 0.25) is 4.77 Å². The number of benzene rings is 2. The van der Waals surface area contributed by atoms with Crippen LogP contribution in [0.15, 0.2) is 41.5 Å². The van der Waals surface area contributed by atoms with E-state index in [0.717, 1.165) is 24.3 Å². The van der Waals surface area contributed by atoms with E-state index in [1.54, 1.807) is 10.9 Å². The van der Waals surface area contributed by atoms with Crippen molar-refractivity contribution in [1.29, 1.82) is 0 Å². The van der Waals surface area contributed by atoms with Crippen LogP contribution in [0, 0.1) is 10.6 Å². The Morgan fingerprint density at radius 2 is 1.85 bits per heavy atom. The Bertz CT molecular complexity index is 1220. The predicted octanol–water partition coefficient (Wildman–Crippen LogP) is 4.76. The zero-order valence-electron chi connectivity index (χ0n) is 18.2. The van der Waals surface area contributed by atoms with Crippen molar-refractivity contribution in [2.45, 2.75) is 6.67 Å². The summed E-state index contributed by atoms with van der Waals surface area (Å²) in [6.45, 7) is 3.29. The molecule has 0 unspecified atom stereocenters. The van der Waals surface area contributed by atoms with E-state index in [9.17, 15) is 4.39 Å². The van der Waals surface area contributed by atoms with Crippen LogP contribution >= 0.6 is 35.4 Å². The average molecular weight is 509 g/mol. The highest BCUT2D eigenvalue weighted by Gasteiger charge is 2.20. The minimum absolute atomic E-state index is 0.0638. The molecule has 4 rings (SSSR count). The summed E-state index contributed by atoms with van der Waals surface area (Å²) in [6, 6.07) is 10.5. The molecule has 0 N–H and O–H groups in total. The van der Waals surface area contributed by atoms with E-state index in [1.165, 1.54) is 16.8 Å². The third kappa shape index (κ3) is 5.44. The zero-order valence-corrected chi connectivity index (χ0v) is 20.5. The van der Waals surface area contributed by atoms with Gasteiger partial charge in [-0.15, -0.1) is 5.10 Å². The number of ether oxygens (including phenoxy) is 1. The second-order valence-electron chi connectivity index (χ2n) is 7.77. The van der Waals surface area contributed by atoms with E-state index < -0.39 is 5.82 Å². The molecule has 11 heteroatoms. The molecule has 33 heavy (non-hydrogen) atoms. The topological polar surface area (TPSA) is 50.8 Å². The molecule has 1 saturated heterocycles. The van der Waals surface area contributed by atoms with Crippen LogP contribution in [0.5, 0.6) is 0 Å². The first-order valence-corrected chi connectivity index (χ1v) is 11.5. The molecular weight excluding hydrogens is 486 g/mol. The van der Waals surface area contributed by atoms with Crippen molar-refractivity contribution in [3.8, 4) is 11.4 Å². The molecule has 3 aromatic rings. The lowest BCUT2D eigenvalue weighted by Gasteiger charge is -2.25. The van der Waals surface area contributed by atoms with Gasteiger partial charge in [-0.25, -0.2) is 9.07 Å². The summed E-state index contributed by atoms with van der Waals surface area (Å²) in [5.74, 6) is -0.269. The molecule has 1 aliphatic rings. The lowest BCUT2D eigenvalue weighted by atomic mass is 10.2. The first-order valence-electron chi connectivity index (χ1n) is 10.3.